The lowest BCUT2D eigenvalue weighted by Crippen LogP contribution is -2.40. The van der Waals surface area contributed by atoms with Gasteiger partial charge in [-0.3, -0.25) is 9.36 Å². The number of nitrogens with zero attached hydrogens (tertiary/aromatic N) is 2. The molecule has 2 heterocycles. The summed E-state index contributed by atoms with van der Waals surface area (Å²) in [6.45, 7) is 5.86. The van der Waals surface area contributed by atoms with Gasteiger partial charge in [-0.2, -0.15) is 0 Å². The van der Waals surface area contributed by atoms with Crippen molar-refractivity contribution in [1.82, 2.24) is 4.57 Å². The van der Waals surface area contributed by atoms with E-state index in [4.69, 9.17) is 18.9 Å². The molecule has 1 aliphatic heterocycles. The highest BCUT2D eigenvalue weighted by Crippen LogP contribution is 2.36. The minimum absolute atomic E-state index is 0.153. The van der Waals surface area contributed by atoms with E-state index in [1.54, 1.807) is 32.0 Å². The predicted octanol–water partition coefficient (Wildman–Crippen LogP) is 5.54. The lowest BCUT2D eigenvalue weighted by molar-refractivity contribution is -0.143. The van der Waals surface area contributed by atoms with Crippen molar-refractivity contribution in [3.63, 3.8) is 0 Å². The van der Waals surface area contributed by atoms with Crippen molar-refractivity contribution >= 4 is 74.5 Å². The number of thiazole rings is 1. The quantitative estimate of drug-likeness (QED) is 0.135. The smallest absolute Gasteiger partial charge is 0.343 e. The van der Waals surface area contributed by atoms with Gasteiger partial charge in [-0.1, -0.05) is 35.6 Å². The topological polar surface area (TPSA) is 115 Å². The van der Waals surface area contributed by atoms with E-state index in [1.807, 2.05) is 55.5 Å². The standard InChI is InChI=1S/C35H32I2N2O8S/c1-5-44-28-17-23(10-14-27(28)47-19-30(40)43-4)32-31(34(42)45-6-2)20(3)38-35-39(32)33(41)29(48-35)16-22-9-13-26(25(37)15-22)46-18-21-7-11-24(36)12-8-21/h7-17,32H,5-6,18-19H2,1-4H3/b29-16-/t32-/m1/s1. The predicted molar refractivity (Wildman–Crippen MR) is 198 cm³/mol. The maximum Gasteiger partial charge on any atom is 0.343 e. The number of methoxy groups -OCH3 is 1. The third-order valence-corrected chi connectivity index (χ3v) is 9.78. The Morgan fingerprint density at radius 3 is 2.38 bits per heavy atom. The number of esters is 2. The summed E-state index contributed by atoms with van der Waals surface area (Å²) >= 11 is 5.73. The Kier molecular flexibility index (Phi) is 12.0. The summed E-state index contributed by atoms with van der Waals surface area (Å²) in [6.07, 6.45) is 1.81. The van der Waals surface area contributed by atoms with Gasteiger partial charge in [0.2, 0.25) is 0 Å². The minimum Gasteiger partial charge on any atom is -0.490 e. The highest BCUT2D eigenvalue weighted by atomic mass is 127. The van der Waals surface area contributed by atoms with Crippen LogP contribution in [0.3, 0.4) is 0 Å². The molecule has 3 aromatic carbocycles. The minimum atomic E-state index is -0.853. The van der Waals surface area contributed by atoms with Crippen molar-refractivity contribution in [2.24, 2.45) is 4.99 Å². The Morgan fingerprint density at radius 1 is 0.938 bits per heavy atom. The number of allylic oxidation sites excluding steroid dienone is 1. The summed E-state index contributed by atoms with van der Waals surface area (Å²) in [5, 5.41) is 0. The summed E-state index contributed by atoms with van der Waals surface area (Å²) in [7, 11) is 1.28. The van der Waals surface area contributed by atoms with Crippen LogP contribution in [0.5, 0.6) is 17.2 Å². The fourth-order valence-corrected chi connectivity index (χ4v) is 7.10. The first-order valence-electron chi connectivity index (χ1n) is 15.0. The second-order valence-corrected chi connectivity index (χ2v) is 13.8. The molecular weight excluding hydrogens is 862 g/mol. The van der Waals surface area contributed by atoms with E-state index in [2.05, 4.69) is 54.9 Å². The summed E-state index contributed by atoms with van der Waals surface area (Å²) in [5.41, 5.74) is 2.84. The Bertz CT molecular complexity index is 2050. The highest BCUT2D eigenvalue weighted by molar-refractivity contribution is 14.1. The second-order valence-electron chi connectivity index (χ2n) is 10.4. The molecule has 0 unspecified atom stereocenters. The van der Waals surface area contributed by atoms with E-state index >= 15 is 0 Å². The number of rotatable bonds is 12. The van der Waals surface area contributed by atoms with Gasteiger partial charge in [-0.25, -0.2) is 14.6 Å². The van der Waals surface area contributed by atoms with Crippen LogP contribution in [0.1, 0.15) is 43.5 Å². The molecule has 250 valence electrons. The van der Waals surface area contributed by atoms with Gasteiger partial charge in [0.1, 0.15) is 12.4 Å². The molecule has 0 aliphatic carbocycles. The molecule has 0 spiro atoms. The molecule has 0 fully saturated rings. The van der Waals surface area contributed by atoms with E-state index in [0.717, 1.165) is 24.0 Å². The van der Waals surface area contributed by atoms with Crippen LogP contribution in [0.2, 0.25) is 0 Å². The lowest BCUT2D eigenvalue weighted by Gasteiger charge is -2.25. The maximum absolute atomic E-state index is 14.1. The van der Waals surface area contributed by atoms with Crippen LogP contribution in [0, 0.1) is 7.14 Å². The summed E-state index contributed by atoms with van der Waals surface area (Å²) in [5.74, 6) is 0.287. The number of benzene rings is 3. The molecule has 10 nitrogen and oxygen atoms in total. The first kappa shape index (κ1) is 35.6. The third kappa shape index (κ3) is 8.11. The van der Waals surface area contributed by atoms with Crippen molar-refractivity contribution in [2.45, 2.75) is 33.4 Å². The van der Waals surface area contributed by atoms with Crippen LogP contribution in [0.25, 0.3) is 6.08 Å². The van der Waals surface area contributed by atoms with Gasteiger partial charge in [0, 0.05) is 3.57 Å². The average molecular weight is 895 g/mol. The van der Waals surface area contributed by atoms with Gasteiger partial charge in [0.05, 0.1) is 45.7 Å². The fraction of sp³-hybridized carbons (Fsp3) is 0.257. The normalized spacial score (nSPS) is 14.2. The van der Waals surface area contributed by atoms with Gasteiger partial charge in [-0.05, 0) is 125 Å². The number of carbonyl (C=O) groups is 2. The van der Waals surface area contributed by atoms with E-state index in [-0.39, 0.29) is 24.3 Å². The molecule has 0 radical (unpaired) electrons. The molecule has 0 saturated carbocycles. The van der Waals surface area contributed by atoms with Crippen molar-refractivity contribution in [3.8, 4) is 17.2 Å². The molecule has 1 atom stereocenters. The number of fused-ring (bicyclic) bond motifs is 1. The SMILES string of the molecule is CCOC(=O)C1=C(C)N=c2s/c(=C\c3ccc(OCc4ccc(I)cc4)c(I)c3)c(=O)n2[C@@H]1c1ccc(OCC(=O)OC)c(OCC)c1. The molecule has 0 N–H and O–H groups in total. The zero-order valence-corrected chi connectivity index (χ0v) is 31.7. The van der Waals surface area contributed by atoms with Crippen LogP contribution in [0.15, 0.2) is 81.7 Å². The summed E-state index contributed by atoms with van der Waals surface area (Å²) in [4.78, 5) is 44.3. The van der Waals surface area contributed by atoms with E-state index < -0.39 is 18.0 Å². The van der Waals surface area contributed by atoms with Gasteiger partial charge < -0.3 is 23.7 Å². The number of hydrogen-bond acceptors (Lipinski definition) is 10. The van der Waals surface area contributed by atoms with Crippen LogP contribution in [0.4, 0.5) is 0 Å². The number of carbonyl (C=O) groups excluding carboxylic acids is 2. The zero-order chi connectivity index (χ0) is 34.4. The molecule has 1 aromatic heterocycles. The van der Waals surface area contributed by atoms with E-state index in [9.17, 15) is 14.4 Å². The monoisotopic (exact) mass is 894 g/mol. The van der Waals surface area contributed by atoms with E-state index in [1.165, 1.54) is 23.0 Å². The maximum atomic E-state index is 14.1. The molecule has 48 heavy (non-hydrogen) atoms. The first-order valence-corrected chi connectivity index (χ1v) is 17.9. The summed E-state index contributed by atoms with van der Waals surface area (Å²) in [6, 6.07) is 18.1. The lowest BCUT2D eigenvalue weighted by atomic mass is 9.95. The van der Waals surface area contributed by atoms with Crippen LogP contribution < -0.4 is 29.1 Å². The van der Waals surface area contributed by atoms with Gasteiger partial charge in [0.15, 0.2) is 22.9 Å². The van der Waals surface area contributed by atoms with Crippen molar-refractivity contribution in [1.29, 1.82) is 0 Å². The Labute approximate surface area is 308 Å². The fourth-order valence-electron chi connectivity index (χ4n) is 5.00. The molecular formula is C35H32I2N2O8S. The van der Waals surface area contributed by atoms with E-state index in [0.29, 0.717) is 45.3 Å². The number of ether oxygens (including phenoxy) is 5. The summed E-state index contributed by atoms with van der Waals surface area (Å²) < 4.78 is 31.7. The molecule has 5 rings (SSSR count). The Morgan fingerprint density at radius 2 is 1.69 bits per heavy atom. The second kappa shape index (κ2) is 16.1. The van der Waals surface area contributed by atoms with Crippen molar-refractivity contribution < 1.29 is 33.3 Å². The molecule has 1 aliphatic rings. The highest BCUT2D eigenvalue weighted by Gasteiger charge is 2.34. The largest absolute Gasteiger partial charge is 0.490 e. The molecule has 13 heteroatoms. The average Bonchev–Trinajstić information content (AvgIpc) is 3.37. The van der Waals surface area contributed by atoms with Crippen LogP contribution in [-0.2, 0) is 25.7 Å². The molecule has 0 saturated heterocycles. The van der Waals surface area contributed by atoms with Crippen LogP contribution in [-0.4, -0.2) is 43.4 Å². The van der Waals surface area contributed by atoms with Crippen LogP contribution >= 0.6 is 56.5 Å². The molecule has 4 aromatic rings. The number of aromatic nitrogens is 1. The molecule has 0 amide bonds. The van der Waals surface area contributed by atoms with Gasteiger partial charge >= 0.3 is 11.9 Å². The third-order valence-electron chi connectivity index (χ3n) is 7.23. The number of halogens is 2. The zero-order valence-electron chi connectivity index (χ0n) is 26.6. The first-order chi connectivity index (χ1) is 23.1. The van der Waals surface area contributed by atoms with Gasteiger partial charge in [0.25, 0.3) is 5.56 Å². The Balaban J connectivity index is 1.54. The molecule has 0 bridgehead atoms. The van der Waals surface area contributed by atoms with Gasteiger partial charge in [-0.15, -0.1) is 0 Å². The van der Waals surface area contributed by atoms with Crippen molar-refractivity contribution in [2.75, 3.05) is 26.9 Å². The number of hydrogen-bond donors (Lipinski definition) is 0. The van der Waals surface area contributed by atoms with Crippen molar-refractivity contribution in [3.05, 3.63) is 115 Å². The Hall–Kier alpha value is -3.70.